The molecule has 1 heterocycles. The van der Waals surface area contributed by atoms with E-state index in [2.05, 4.69) is 12.7 Å². The summed E-state index contributed by atoms with van der Waals surface area (Å²) in [7, 11) is 0. The van der Waals surface area contributed by atoms with E-state index in [0.29, 0.717) is 6.10 Å². The molecule has 2 rings (SSSR count). The molecule has 2 fully saturated rings. The Balaban J connectivity index is 1.81. The largest absolute Gasteiger partial charge is 0.362 e. The summed E-state index contributed by atoms with van der Waals surface area (Å²) in [5.41, 5.74) is 0.0964. The van der Waals surface area contributed by atoms with Crippen LogP contribution < -0.4 is 0 Å². The van der Waals surface area contributed by atoms with Gasteiger partial charge in [0.2, 0.25) is 0 Å². The molecular weight excluding hydrogens is 184 g/mol. The summed E-state index contributed by atoms with van der Waals surface area (Å²) in [6, 6.07) is 0. The molecule has 0 aromatic heterocycles. The molecule has 1 aliphatic carbocycles. The second-order valence-corrected chi connectivity index (χ2v) is 5.13. The first-order chi connectivity index (χ1) is 7.37. The van der Waals surface area contributed by atoms with Gasteiger partial charge in [-0.2, -0.15) is 0 Å². The molecule has 1 heteroatoms. The molecule has 1 saturated carbocycles. The first kappa shape index (κ1) is 11.2. The minimum atomic E-state index is 0.0964. The molecule has 0 bridgehead atoms. The normalized spacial score (nSPS) is 38.3. The Morgan fingerprint density at radius 2 is 1.53 bits per heavy atom. The van der Waals surface area contributed by atoms with E-state index < -0.39 is 0 Å². The van der Waals surface area contributed by atoms with Gasteiger partial charge < -0.3 is 4.74 Å². The number of hydrogen-bond donors (Lipinski definition) is 0. The highest BCUT2D eigenvalue weighted by atomic mass is 16.6. The van der Waals surface area contributed by atoms with Gasteiger partial charge in [-0.25, -0.2) is 0 Å². The lowest BCUT2D eigenvalue weighted by Crippen LogP contribution is -2.11. The van der Waals surface area contributed by atoms with Crippen LogP contribution in [0.3, 0.4) is 0 Å². The average Bonchev–Trinajstić information content (AvgIpc) is 2.93. The van der Waals surface area contributed by atoms with Crippen LogP contribution in [0.25, 0.3) is 0 Å². The van der Waals surface area contributed by atoms with E-state index in [-0.39, 0.29) is 5.60 Å². The van der Waals surface area contributed by atoms with Crippen molar-refractivity contribution in [2.45, 2.75) is 75.9 Å². The van der Waals surface area contributed by atoms with E-state index in [9.17, 15) is 0 Å². The minimum absolute atomic E-state index is 0.0964. The number of rotatable bonds is 1. The number of ether oxygens (including phenoxy) is 1. The maximum atomic E-state index is 5.85. The van der Waals surface area contributed by atoms with Gasteiger partial charge in [0, 0.05) is 0 Å². The van der Waals surface area contributed by atoms with Crippen molar-refractivity contribution in [1.29, 1.82) is 0 Å². The summed E-state index contributed by atoms with van der Waals surface area (Å²) in [5.74, 6) is 0. The van der Waals surface area contributed by atoms with Crippen molar-refractivity contribution >= 4 is 0 Å². The van der Waals surface area contributed by atoms with Crippen LogP contribution in [0.1, 0.15) is 64.2 Å². The van der Waals surface area contributed by atoms with Crippen molar-refractivity contribution in [3.63, 3.8) is 0 Å². The third kappa shape index (κ3) is 2.84. The summed E-state index contributed by atoms with van der Waals surface area (Å²) in [6.07, 6.45) is 16.2. The Labute approximate surface area is 93.9 Å². The minimum Gasteiger partial charge on any atom is -0.362 e. The van der Waals surface area contributed by atoms with Crippen LogP contribution in [-0.2, 0) is 4.74 Å². The Kier molecular flexibility index (Phi) is 3.85. The van der Waals surface area contributed by atoms with E-state index in [4.69, 9.17) is 4.74 Å². The van der Waals surface area contributed by atoms with Crippen LogP contribution in [0, 0.1) is 0 Å². The van der Waals surface area contributed by atoms with Crippen molar-refractivity contribution in [2.75, 3.05) is 0 Å². The van der Waals surface area contributed by atoms with E-state index in [0.717, 1.165) is 0 Å². The Hall–Kier alpha value is -0.300. The van der Waals surface area contributed by atoms with Crippen LogP contribution in [0.15, 0.2) is 12.7 Å². The molecule has 86 valence electrons. The van der Waals surface area contributed by atoms with Crippen molar-refractivity contribution in [1.82, 2.24) is 0 Å². The first-order valence-electron chi connectivity index (χ1n) is 6.69. The lowest BCUT2D eigenvalue weighted by molar-refractivity contribution is 0.309. The van der Waals surface area contributed by atoms with Crippen LogP contribution in [-0.4, -0.2) is 11.7 Å². The lowest BCUT2D eigenvalue weighted by atomic mass is 9.93. The molecule has 0 amide bonds. The van der Waals surface area contributed by atoms with Gasteiger partial charge in [-0.3, -0.25) is 0 Å². The molecule has 2 aliphatic rings. The van der Waals surface area contributed by atoms with Gasteiger partial charge in [-0.15, -0.1) is 6.58 Å². The molecule has 0 N–H and O–H groups in total. The van der Waals surface area contributed by atoms with E-state index in [1.165, 1.54) is 64.2 Å². The smallest absolute Gasteiger partial charge is 0.113 e. The molecule has 1 nitrogen and oxygen atoms in total. The summed E-state index contributed by atoms with van der Waals surface area (Å²) < 4.78 is 5.85. The zero-order chi connectivity index (χ0) is 10.6. The SMILES string of the molecule is C=C[C@]12CCCCCCCCCC[C@H]1O2. The fourth-order valence-electron chi connectivity index (χ4n) is 2.83. The third-order valence-electron chi connectivity index (χ3n) is 3.98. The monoisotopic (exact) mass is 208 g/mol. The molecule has 1 saturated heterocycles. The Morgan fingerprint density at radius 3 is 2.20 bits per heavy atom. The summed E-state index contributed by atoms with van der Waals surface area (Å²) in [5, 5.41) is 0. The van der Waals surface area contributed by atoms with Gasteiger partial charge in [-0.05, 0) is 12.8 Å². The molecular formula is C14H24O. The number of fused-ring (bicyclic) bond motifs is 1. The average molecular weight is 208 g/mol. The standard InChI is InChI=1S/C14H24O/c1-2-14-12-10-8-6-4-3-5-7-9-11-13(14)15-14/h2,13H,1,3-12H2/t13-,14+/m1/s1. The second kappa shape index (κ2) is 5.16. The van der Waals surface area contributed by atoms with Gasteiger partial charge in [0.25, 0.3) is 0 Å². The highest BCUT2D eigenvalue weighted by Crippen LogP contribution is 2.45. The van der Waals surface area contributed by atoms with Crippen LogP contribution >= 0.6 is 0 Å². The van der Waals surface area contributed by atoms with Gasteiger partial charge in [0.1, 0.15) is 5.60 Å². The van der Waals surface area contributed by atoms with Crippen molar-refractivity contribution in [2.24, 2.45) is 0 Å². The summed E-state index contributed by atoms with van der Waals surface area (Å²) >= 11 is 0. The molecule has 0 unspecified atom stereocenters. The number of hydrogen-bond acceptors (Lipinski definition) is 1. The van der Waals surface area contributed by atoms with Crippen LogP contribution in [0.5, 0.6) is 0 Å². The van der Waals surface area contributed by atoms with Crippen molar-refractivity contribution in [3.8, 4) is 0 Å². The summed E-state index contributed by atoms with van der Waals surface area (Å²) in [6.45, 7) is 3.94. The van der Waals surface area contributed by atoms with E-state index >= 15 is 0 Å². The molecule has 0 spiro atoms. The second-order valence-electron chi connectivity index (χ2n) is 5.13. The van der Waals surface area contributed by atoms with Gasteiger partial charge >= 0.3 is 0 Å². The van der Waals surface area contributed by atoms with E-state index in [1.807, 2.05) is 0 Å². The number of epoxide rings is 1. The Morgan fingerprint density at radius 1 is 0.933 bits per heavy atom. The molecule has 0 aromatic rings. The lowest BCUT2D eigenvalue weighted by Gasteiger charge is -2.09. The molecule has 0 aromatic carbocycles. The molecule has 15 heavy (non-hydrogen) atoms. The maximum Gasteiger partial charge on any atom is 0.113 e. The quantitative estimate of drug-likeness (QED) is 0.464. The maximum absolute atomic E-state index is 5.85. The third-order valence-corrected chi connectivity index (χ3v) is 3.98. The predicted molar refractivity (Wildman–Crippen MR) is 64.0 cm³/mol. The summed E-state index contributed by atoms with van der Waals surface area (Å²) in [4.78, 5) is 0. The predicted octanol–water partition coefficient (Wildman–Crippen LogP) is 4.22. The molecule has 1 aliphatic heterocycles. The topological polar surface area (TPSA) is 12.5 Å². The highest BCUT2D eigenvalue weighted by Gasteiger charge is 2.52. The first-order valence-corrected chi connectivity index (χ1v) is 6.69. The fraction of sp³-hybridized carbons (Fsp3) is 0.857. The Bertz CT molecular complexity index is 211. The van der Waals surface area contributed by atoms with Crippen LogP contribution in [0.2, 0.25) is 0 Å². The molecule has 0 radical (unpaired) electrons. The highest BCUT2D eigenvalue weighted by molar-refractivity contribution is 5.13. The van der Waals surface area contributed by atoms with Crippen LogP contribution in [0.4, 0.5) is 0 Å². The van der Waals surface area contributed by atoms with Crippen molar-refractivity contribution < 1.29 is 4.74 Å². The van der Waals surface area contributed by atoms with Gasteiger partial charge in [0.15, 0.2) is 0 Å². The van der Waals surface area contributed by atoms with E-state index in [1.54, 1.807) is 0 Å². The van der Waals surface area contributed by atoms with Gasteiger partial charge in [-0.1, -0.05) is 57.4 Å². The van der Waals surface area contributed by atoms with Crippen molar-refractivity contribution in [3.05, 3.63) is 12.7 Å². The zero-order valence-electron chi connectivity index (χ0n) is 9.84. The zero-order valence-corrected chi connectivity index (χ0v) is 9.84. The fourth-order valence-corrected chi connectivity index (χ4v) is 2.83. The van der Waals surface area contributed by atoms with Gasteiger partial charge in [0.05, 0.1) is 6.10 Å². The molecule has 2 atom stereocenters.